The van der Waals surface area contributed by atoms with E-state index in [0.29, 0.717) is 4.90 Å². The van der Waals surface area contributed by atoms with Gasteiger partial charge in [-0.15, -0.1) is 11.8 Å². The van der Waals surface area contributed by atoms with Crippen molar-refractivity contribution in [1.29, 1.82) is 0 Å². The Kier molecular flexibility index (Phi) is 3.17. The summed E-state index contributed by atoms with van der Waals surface area (Å²) in [6.45, 7) is 1.86. The molecule has 0 N–H and O–H groups in total. The van der Waals surface area contributed by atoms with E-state index in [1.54, 1.807) is 18.4 Å². The lowest BCUT2D eigenvalue weighted by atomic mass is 10.2. The number of nitro groups is 1. The monoisotopic (exact) mass is 217 g/mol. The van der Waals surface area contributed by atoms with Crippen molar-refractivity contribution < 1.29 is 4.92 Å². The first-order valence-corrected chi connectivity index (χ1v) is 5.15. The van der Waals surface area contributed by atoms with E-state index in [1.807, 2.05) is 6.92 Å². The second kappa shape index (κ2) is 3.98. The van der Waals surface area contributed by atoms with Crippen LogP contribution in [0.15, 0.2) is 17.0 Å². The molecule has 0 spiro atoms. The Balaban J connectivity index is 3.38. The largest absolute Gasteiger partial charge is 0.301 e. The highest BCUT2D eigenvalue weighted by molar-refractivity contribution is 7.98. The number of nitro benzene ring substituents is 1. The molecule has 13 heavy (non-hydrogen) atoms. The van der Waals surface area contributed by atoms with E-state index in [2.05, 4.69) is 0 Å². The van der Waals surface area contributed by atoms with Gasteiger partial charge in [0.15, 0.2) is 0 Å². The Labute approximate surface area is 85.2 Å². The Morgan fingerprint density at radius 3 is 2.62 bits per heavy atom. The normalized spacial score (nSPS) is 10.1. The average molecular weight is 218 g/mol. The van der Waals surface area contributed by atoms with Gasteiger partial charge in [-0.2, -0.15) is 0 Å². The second-order valence-electron chi connectivity index (χ2n) is 2.55. The Hall–Kier alpha value is -0.740. The maximum Gasteiger partial charge on any atom is 0.301 e. The molecule has 1 aromatic rings. The lowest BCUT2D eigenvalue weighted by Gasteiger charge is -2.02. The van der Waals surface area contributed by atoms with Crippen LogP contribution in [0.2, 0.25) is 5.02 Å². The van der Waals surface area contributed by atoms with Gasteiger partial charge < -0.3 is 0 Å². The minimum absolute atomic E-state index is 0.000216. The number of hydrogen-bond donors (Lipinski definition) is 0. The van der Waals surface area contributed by atoms with Gasteiger partial charge in [-0.1, -0.05) is 11.6 Å². The molecule has 0 saturated carbocycles. The number of rotatable bonds is 2. The van der Waals surface area contributed by atoms with Crippen LogP contribution in [0, 0.1) is 17.0 Å². The molecule has 1 aromatic carbocycles. The lowest BCUT2D eigenvalue weighted by molar-refractivity contribution is -0.387. The van der Waals surface area contributed by atoms with E-state index in [4.69, 9.17) is 11.6 Å². The van der Waals surface area contributed by atoms with Crippen molar-refractivity contribution in [2.24, 2.45) is 0 Å². The number of benzene rings is 1. The molecule has 0 heterocycles. The lowest BCUT2D eigenvalue weighted by Crippen LogP contribution is -1.92. The van der Waals surface area contributed by atoms with Crippen molar-refractivity contribution in [3.05, 3.63) is 32.8 Å². The van der Waals surface area contributed by atoms with Gasteiger partial charge in [0.05, 0.1) is 9.82 Å². The Morgan fingerprint density at radius 2 is 2.15 bits per heavy atom. The van der Waals surface area contributed by atoms with Crippen LogP contribution in [-0.4, -0.2) is 11.2 Å². The van der Waals surface area contributed by atoms with Gasteiger partial charge in [-0.3, -0.25) is 10.1 Å². The molecule has 0 aliphatic heterocycles. The summed E-state index contributed by atoms with van der Waals surface area (Å²) >= 11 is 7.08. The van der Waals surface area contributed by atoms with Gasteiger partial charge in [0.25, 0.3) is 0 Å². The number of aryl methyl sites for hydroxylation is 1. The van der Waals surface area contributed by atoms with Crippen molar-refractivity contribution in [3.63, 3.8) is 0 Å². The summed E-state index contributed by atoms with van der Waals surface area (Å²) in [5, 5.41) is 10.8. The van der Waals surface area contributed by atoms with E-state index in [9.17, 15) is 10.1 Å². The summed E-state index contributed by atoms with van der Waals surface area (Å²) in [4.78, 5) is 10.8. The van der Waals surface area contributed by atoms with Crippen LogP contribution < -0.4 is 0 Å². The van der Waals surface area contributed by atoms with Crippen molar-refractivity contribution >= 4 is 29.1 Å². The van der Waals surface area contributed by atoms with E-state index in [0.717, 1.165) is 5.56 Å². The van der Waals surface area contributed by atoms with Gasteiger partial charge in [0, 0.05) is 0 Å². The third kappa shape index (κ3) is 2.14. The topological polar surface area (TPSA) is 43.1 Å². The van der Waals surface area contributed by atoms with Gasteiger partial charge in [-0.05, 0) is 30.9 Å². The maximum absolute atomic E-state index is 10.6. The highest BCUT2D eigenvalue weighted by Crippen LogP contribution is 2.35. The molecular weight excluding hydrogens is 210 g/mol. The molecule has 0 atom stereocenters. The minimum atomic E-state index is -0.451. The van der Waals surface area contributed by atoms with Gasteiger partial charge in [-0.25, -0.2) is 0 Å². The summed E-state index contributed by atoms with van der Waals surface area (Å²) < 4.78 is 0. The molecule has 0 aliphatic rings. The zero-order valence-electron chi connectivity index (χ0n) is 7.20. The number of nitrogens with zero attached hydrogens (tertiary/aromatic N) is 1. The van der Waals surface area contributed by atoms with Gasteiger partial charge >= 0.3 is 5.69 Å². The van der Waals surface area contributed by atoms with Crippen LogP contribution >= 0.6 is 23.4 Å². The molecule has 0 unspecified atom stereocenters. The van der Waals surface area contributed by atoms with Crippen LogP contribution in [0.1, 0.15) is 5.56 Å². The third-order valence-electron chi connectivity index (χ3n) is 1.58. The van der Waals surface area contributed by atoms with Gasteiger partial charge in [0.2, 0.25) is 0 Å². The fourth-order valence-corrected chi connectivity index (χ4v) is 2.12. The van der Waals surface area contributed by atoms with Crippen molar-refractivity contribution in [1.82, 2.24) is 0 Å². The van der Waals surface area contributed by atoms with Crippen molar-refractivity contribution in [3.8, 4) is 0 Å². The van der Waals surface area contributed by atoms with Crippen LogP contribution in [-0.2, 0) is 0 Å². The molecule has 5 heteroatoms. The van der Waals surface area contributed by atoms with E-state index in [1.165, 1.54) is 11.8 Å². The maximum atomic E-state index is 10.6. The highest BCUT2D eigenvalue weighted by atomic mass is 35.5. The van der Waals surface area contributed by atoms with Crippen LogP contribution in [0.3, 0.4) is 0 Å². The second-order valence-corrected chi connectivity index (χ2v) is 3.81. The molecule has 0 aromatic heterocycles. The third-order valence-corrected chi connectivity index (χ3v) is 2.61. The molecule has 0 radical (unpaired) electrons. The Bertz CT molecular complexity index is 354. The quantitative estimate of drug-likeness (QED) is 0.434. The minimum Gasteiger partial charge on any atom is -0.258 e. The van der Waals surface area contributed by atoms with Crippen molar-refractivity contribution in [2.75, 3.05) is 6.26 Å². The first-order chi connectivity index (χ1) is 6.06. The average Bonchev–Trinajstić information content (AvgIpc) is 2.01. The molecule has 0 amide bonds. The first kappa shape index (κ1) is 10.3. The summed E-state index contributed by atoms with van der Waals surface area (Å²) in [5.74, 6) is 0. The zero-order valence-corrected chi connectivity index (χ0v) is 8.78. The van der Waals surface area contributed by atoms with Gasteiger partial charge in [0.1, 0.15) is 5.02 Å². The molecule has 0 aliphatic carbocycles. The number of halogens is 1. The molecule has 0 bridgehead atoms. The van der Waals surface area contributed by atoms with E-state index >= 15 is 0 Å². The smallest absolute Gasteiger partial charge is 0.258 e. The standard InChI is InChI=1S/C8H8ClNO2S/c1-5-3-6(9)8(10(11)12)7(4-5)13-2/h3-4H,1-2H3. The molecule has 1 rings (SSSR count). The van der Waals surface area contributed by atoms with Crippen LogP contribution in [0.4, 0.5) is 5.69 Å². The van der Waals surface area contributed by atoms with E-state index < -0.39 is 4.92 Å². The summed E-state index contributed by atoms with van der Waals surface area (Å²) in [5.41, 5.74) is 0.930. The first-order valence-electron chi connectivity index (χ1n) is 3.54. The predicted octanol–water partition coefficient (Wildman–Crippen LogP) is 3.28. The Morgan fingerprint density at radius 1 is 1.54 bits per heavy atom. The summed E-state index contributed by atoms with van der Waals surface area (Å²) in [6, 6.07) is 3.36. The predicted molar refractivity (Wildman–Crippen MR) is 54.6 cm³/mol. The molecule has 0 saturated heterocycles. The number of hydrogen-bond acceptors (Lipinski definition) is 3. The zero-order chi connectivity index (χ0) is 10.0. The fraction of sp³-hybridized carbons (Fsp3) is 0.250. The molecular formula is C8H8ClNO2S. The molecule has 3 nitrogen and oxygen atoms in total. The SMILES string of the molecule is CSc1cc(C)cc(Cl)c1[N+](=O)[O-]. The fourth-order valence-electron chi connectivity index (χ4n) is 1.04. The summed E-state index contributed by atoms with van der Waals surface area (Å²) in [6.07, 6.45) is 1.79. The summed E-state index contributed by atoms with van der Waals surface area (Å²) in [7, 11) is 0. The van der Waals surface area contributed by atoms with Crippen LogP contribution in [0.25, 0.3) is 0 Å². The van der Waals surface area contributed by atoms with Crippen molar-refractivity contribution in [2.45, 2.75) is 11.8 Å². The van der Waals surface area contributed by atoms with E-state index in [-0.39, 0.29) is 10.7 Å². The number of thioether (sulfide) groups is 1. The highest BCUT2D eigenvalue weighted by Gasteiger charge is 2.18. The molecule has 0 fully saturated rings. The van der Waals surface area contributed by atoms with Crippen LogP contribution in [0.5, 0.6) is 0 Å². The molecule has 70 valence electrons.